The first-order chi connectivity index (χ1) is 11.7. The zero-order valence-electron chi connectivity index (χ0n) is 14.2. The van der Waals surface area contributed by atoms with Crippen molar-refractivity contribution in [2.75, 3.05) is 20.1 Å². The van der Waals surface area contributed by atoms with Gasteiger partial charge in [-0.2, -0.15) is 0 Å². The molecule has 6 heteroatoms. The molecule has 0 aliphatic heterocycles. The predicted octanol–water partition coefficient (Wildman–Crippen LogP) is 2.31. The van der Waals surface area contributed by atoms with E-state index in [1.807, 2.05) is 55.6 Å². The number of halogens is 1. The van der Waals surface area contributed by atoms with E-state index in [1.54, 1.807) is 12.1 Å². The van der Waals surface area contributed by atoms with E-state index < -0.39 is 0 Å². The fraction of sp³-hybridized carbons (Fsp3) is 0.263. The molecule has 0 radical (unpaired) electrons. The van der Waals surface area contributed by atoms with Gasteiger partial charge in [-0.1, -0.05) is 48.5 Å². The van der Waals surface area contributed by atoms with Crippen LogP contribution in [0.4, 0.5) is 0 Å². The number of amides is 2. The smallest absolute Gasteiger partial charge is 0.251 e. The first-order valence-corrected chi connectivity index (χ1v) is 8.03. The molecule has 25 heavy (non-hydrogen) atoms. The Balaban J connectivity index is 0.00000312. The van der Waals surface area contributed by atoms with Crippen molar-refractivity contribution in [1.29, 1.82) is 0 Å². The fourth-order valence-corrected chi connectivity index (χ4v) is 2.35. The van der Waals surface area contributed by atoms with Crippen LogP contribution < -0.4 is 16.0 Å². The molecule has 2 aromatic carbocycles. The number of nitrogens with one attached hydrogen (secondary N) is 3. The van der Waals surface area contributed by atoms with Gasteiger partial charge >= 0.3 is 0 Å². The summed E-state index contributed by atoms with van der Waals surface area (Å²) in [5.41, 5.74) is 1.49. The third-order valence-electron chi connectivity index (χ3n) is 3.63. The highest BCUT2D eigenvalue weighted by molar-refractivity contribution is 5.94. The lowest BCUT2D eigenvalue weighted by atomic mass is 10.0. The minimum Gasteiger partial charge on any atom is -0.355 e. The molecule has 0 fully saturated rings. The van der Waals surface area contributed by atoms with Crippen molar-refractivity contribution in [1.82, 2.24) is 16.0 Å². The number of hydrogen-bond acceptors (Lipinski definition) is 3. The predicted molar refractivity (Wildman–Crippen MR) is 102 cm³/mol. The topological polar surface area (TPSA) is 70.2 Å². The van der Waals surface area contributed by atoms with Gasteiger partial charge in [-0.3, -0.25) is 9.59 Å². The van der Waals surface area contributed by atoms with Crippen LogP contribution in [-0.4, -0.2) is 32.0 Å². The highest BCUT2D eigenvalue weighted by atomic mass is 35.5. The van der Waals surface area contributed by atoms with Gasteiger partial charge in [-0.05, 0) is 24.7 Å². The monoisotopic (exact) mass is 361 g/mol. The molecular formula is C19H24ClN3O2. The van der Waals surface area contributed by atoms with E-state index in [2.05, 4.69) is 16.0 Å². The third-order valence-corrected chi connectivity index (χ3v) is 3.63. The molecule has 5 nitrogen and oxygen atoms in total. The summed E-state index contributed by atoms with van der Waals surface area (Å²) in [5.74, 6) is -0.278. The Morgan fingerprint density at radius 2 is 1.52 bits per heavy atom. The van der Waals surface area contributed by atoms with Gasteiger partial charge in [0.15, 0.2) is 0 Å². The average Bonchev–Trinajstić information content (AvgIpc) is 2.63. The van der Waals surface area contributed by atoms with Crippen molar-refractivity contribution >= 4 is 24.2 Å². The quantitative estimate of drug-likeness (QED) is 0.632. The molecule has 134 valence electrons. The Kier molecular flexibility index (Phi) is 9.29. The molecule has 1 atom stereocenters. The number of hydrogen-bond donors (Lipinski definition) is 3. The van der Waals surface area contributed by atoms with Crippen LogP contribution in [0.25, 0.3) is 0 Å². The van der Waals surface area contributed by atoms with Gasteiger partial charge in [-0.15, -0.1) is 12.4 Å². The second kappa shape index (κ2) is 11.2. The van der Waals surface area contributed by atoms with Crippen LogP contribution in [0.3, 0.4) is 0 Å². The molecule has 0 aromatic heterocycles. The second-order valence-corrected chi connectivity index (χ2v) is 5.46. The number of rotatable bonds is 8. The van der Waals surface area contributed by atoms with Crippen LogP contribution in [0.15, 0.2) is 60.7 Å². The lowest BCUT2D eigenvalue weighted by molar-refractivity contribution is -0.121. The summed E-state index contributed by atoms with van der Waals surface area (Å²) >= 11 is 0. The average molecular weight is 362 g/mol. The zero-order chi connectivity index (χ0) is 17.2. The molecule has 0 aliphatic rings. The minimum atomic E-state index is -0.367. The summed E-state index contributed by atoms with van der Waals surface area (Å²) in [6.07, 6.45) is 0.201. The minimum absolute atomic E-state index is 0. The van der Waals surface area contributed by atoms with Gasteiger partial charge in [0.1, 0.15) is 0 Å². The summed E-state index contributed by atoms with van der Waals surface area (Å²) < 4.78 is 0. The van der Waals surface area contributed by atoms with Crippen LogP contribution in [0.2, 0.25) is 0 Å². The van der Waals surface area contributed by atoms with E-state index in [4.69, 9.17) is 0 Å². The summed E-state index contributed by atoms with van der Waals surface area (Å²) in [6, 6.07) is 18.2. The first kappa shape index (κ1) is 20.7. The van der Waals surface area contributed by atoms with Crippen LogP contribution in [0, 0.1) is 0 Å². The van der Waals surface area contributed by atoms with Gasteiger partial charge in [-0.25, -0.2) is 0 Å². The zero-order valence-corrected chi connectivity index (χ0v) is 15.0. The summed E-state index contributed by atoms with van der Waals surface area (Å²) in [7, 11) is 1.83. The van der Waals surface area contributed by atoms with E-state index in [-0.39, 0.29) is 36.7 Å². The van der Waals surface area contributed by atoms with E-state index in [9.17, 15) is 9.59 Å². The number of benzene rings is 2. The summed E-state index contributed by atoms with van der Waals surface area (Å²) in [6.45, 7) is 1.27. The van der Waals surface area contributed by atoms with Gasteiger partial charge in [0.05, 0.1) is 12.5 Å². The van der Waals surface area contributed by atoms with E-state index in [0.29, 0.717) is 18.7 Å². The molecule has 0 bridgehead atoms. The largest absolute Gasteiger partial charge is 0.355 e. The maximum Gasteiger partial charge on any atom is 0.251 e. The highest BCUT2D eigenvalue weighted by Crippen LogP contribution is 2.17. The third kappa shape index (κ3) is 6.95. The van der Waals surface area contributed by atoms with Gasteiger partial charge < -0.3 is 16.0 Å². The fourth-order valence-electron chi connectivity index (χ4n) is 2.35. The van der Waals surface area contributed by atoms with Gasteiger partial charge in [0, 0.05) is 18.7 Å². The molecule has 1 unspecified atom stereocenters. The molecule has 0 aliphatic carbocycles. The molecule has 0 saturated heterocycles. The molecule has 0 heterocycles. The molecule has 2 aromatic rings. The van der Waals surface area contributed by atoms with E-state index in [0.717, 1.165) is 5.56 Å². The lowest BCUT2D eigenvalue weighted by Gasteiger charge is -2.19. The molecule has 2 rings (SSSR count). The Labute approximate surface area is 154 Å². The lowest BCUT2D eigenvalue weighted by Crippen LogP contribution is -2.35. The van der Waals surface area contributed by atoms with Crippen molar-refractivity contribution in [2.24, 2.45) is 0 Å². The first-order valence-electron chi connectivity index (χ1n) is 8.03. The molecular weight excluding hydrogens is 338 g/mol. The second-order valence-electron chi connectivity index (χ2n) is 5.46. The van der Waals surface area contributed by atoms with Gasteiger partial charge in [0.25, 0.3) is 5.91 Å². The van der Waals surface area contributed by atoms with E-state index >= 15 is 0 Å². The molecule has 3 N–H and O–H groups in total. The molecule has 0 saturated carbocycles. The standard InChI is InChI=1S/C19H23N3O2.ClH/c1-20-12-13-21-18(23)14-17(15-8-4-2-5-9-15)22-19(24)16-10-6-3-7-11-16;/h2-11,17,20H,12-14H2,1H3,(H,21,23)(H,22,24);1H. The van der Waals surface area contributed by atoms with E-state index in [1.165, 1.54) is 0 Å². The maximum absolute atomic E-state index is 12.4. The van der Waals surface area contributed by atoms with Crippen LogP contribution in [-0.2, 0) is 4.79 Å². The van der Waals surface area contributed by atoms with Crippen molar-refractivity contribution in [2.45, 2.75) is 12.5 Å². The van der Waals surface area contributed by atoms with Crippen molar-refractivity contribution in [3.05, 3.63) is 71.8 Å². The highest BCUT2D eigenvalue weighted by Gasteiger charge is 2.18. The molecule has 2 amide bonds. The summed E-state index contributed by atoms with van der Waals surface area (Å²) in [5, 5.41) is 8.78. The van der Waals surface area contributed by atoms with Gasteiger partial charge in [0.2, 0.25) is 5.91 Å². The SMILES string of the molecule is CNCCNC(=O)CC(NC(=O)c1ccccc1)c1ccccc1.Cl. The van der Waals surface area contributed by atoms with Crippen LogP contribution >= 0.6 is 12.4 Å². The van der Waals surface area contributed by atoms with Crippen molar-refractivity contribution in [3.8, 4) is 0 Å². The Bertz CT molecular complexity index is 650. The normalized spacial score (nSPS) is 11.1. The molecule has 0 spiro atoms. The Morgan fingerprint density at radius 1 is 0.920 bits per heavy atom. The van der Waals surface area contributed by atoms with Crippen LogP contribution in [0.1, 0.15) is 28.4 Å². The van der Waals surface area contributed by atoms with Crippen molar-refractivity contribution in [3.63, 3.8) is 0 Å². The van der Waals surface area contributed by atoms with Crippen molar-refractivity contribution < 1.29 is 9.59 Å². The number of likely N-dealkylation sites (N-methyl/N-ethyl adjacent to an activating group) is 1. The summed E-state index contributed by atoms with van der Waals surface area (Å²) in [4.78, 5) is 24.5. The maximum atomic E-state index is 12.4. The Hall–Kier alpha value is -2.37. The van der Waals surface area contributed by atoms with Crippen LogP contribution in [0.5, 0.6) is 0 Å². The number of carbonyl (C=O) groups excluding carboxylic acids is 2. The Morgan fingerprint density at radius 3 is 2.12 bits per heavy atom. The number of carbonyl (C=O) groups is 2.